The highest BCUT2D eigenvalue weighted by Crippen LogP contribution is 2.33. The van der Waals surface area contributed by atoms with Gasteiger partial charge in [-0.25, -0.2) is 9.98 Å². The van der Waals surface area contributed by atoms with Crippen molar-refractivity contribution in [3.05, 3.63) is 46.4 Å². The van der Waals surface area contributed by atoms with Crippen LogP contribution in [-0.2, 0) is 6.42 Å². The van der Waals surface area contributed by atoms with Crippen LogP contribution in [0.1, 0.15) is 30.6 Å². The predicted molar refractivity (Wildman–Crippen MR) is 80.2 cm³/mol. The van der Waals surface area contributed by atoms with E-state index in [0.717, 1.165) is 30.1 Å². The first-order chi connectivity index (χ1) is 9.29. The number of aliphatic imine (C=N–C) groups is 1. The average molecular weight is 271 g/mol. The summed E-state index contributed by atoms with van der Waals surface area (Å²) >= 11 is 1.65. The molecule has 4 heteroatoms. The Hall–Kier alpha value is -1.68. The number of benzene rings is 1. The molecular formula is C15H17N3S. The van der Waals surface area contributed by atoms with Crippen molar-refractivity contribution < 1.29 is 0 Å². The molecule has 1 aliphatic heterocycles. The Morgan fingerprint density at radius 1 is 1.37 bits per heavy atom. The van der Waals surface area contributed by atoms with Gasteiger partial charge in [0.25, 0.3) is 0 Å². The van der Waals surface area contributed by atoms with Gasteiger partial charge in [0.1, 0.15) is 5.84 Å². The lowest BCUT2D eigenvalue weighted by Crippen LogP contribution is -2.31. The quantitative estimate of drug-likeness (QED) is 0.831. The number of hydrogen-bond acceptors (Lipinski definition) is 4. The second kappa shape index (κ2) is 5.13. The lowest BCUT2D eigenvalue weighted by Gasteiger charge is -2.27. The van der Waals surface area contributed by atoms with Gasteiger partial charge >= 0.3 is 0 Å². The van der Waals surface area contributed by atoms with Gasteiger partial charge in [-0.2, -0.15) is 0 Å². The van der Waals surface area contributed by atoms with E-state index in [1.54, 1.807) is 11.3 Å². The molecule has 0 aliphatic carbocycles. The zero-order valence-electron chi connectivity index (χ0n) is 11.2. The molecule has 0 bridgehead atoms. The molecule has 3 rings (SSSR count). The van der Waals surface area contributed by atoms with Gasteiger partial charge in [-0.1, -0.05) is 25.1 Å². The Labute approximate surface area is 117 Å². The summed E-state index contributed by atoms with van der Waals surface area (Å²) < 4.78 is 0. The monoisotopic (exact) mass is 271 g/mol. The molecule has 1 unspecified atom stereocenters. The zero-order chi connectivity index (χ0) is 13.2. The molecule has 0 spiro atoms. The molecule has 1 aromatic heterocycles. The fourth-order valence-electron chi connectivity index (χ4n) is 2.55. The third-order valence-corrected chi connectivity index (χ3v) is 4.24. The van der Waals surface area contributed by atoms with Crippen LogP contribution in [0.2, 0.25) is 0 Å². The molecule has 3 nitrogen and oxygen atoms in total. The topological polar surface area (TPSA) is 28.5 Å². The molecule has 0 amide bonds. The number of nitrogens with zero attached hydrogens (tertiary/aromatic N) is 3. The molecule has 98 valence electrons. The van der Waals surface area contributed by atoms with Crippen molar-refractivity contribution in [1.29, 1.82) is 0 Å². The molecule has 19 heavy (non-hydrogen) atoms. The largest absolute Gasteiger partial charge is 0.354 e. The van der Waals surface area contributed by atoms with E-state index in [1.807, 2.05) is 5.51 Å². The summed E-state index contributed by atoms with van der Waals surface area (Å²) in [6, 6.07) is 8.70. The Morgan fingerprint density at radius 3 is 2.95 bits per heavy atom. The van der Waals surface area contributed by atoms with Crippen molar-refractivity contribution >= 4 is 22.9 Å². The van der Waals surface area contributed by atoms with Crippen molar-refractivity contribution in [1.82, 2.24) is 9.88 Å². The number of likely N-dealkylation sites (N-methyl/N-ethyl adjacent to an activating group) is 1. The minimum atomic E-state index is 0.286. The Bertz CT molecular complexity index is 589. The molecule has 1 atom stereocenters. The number of rotatable bonds is 2. The van der Waals surface area contributed by atoms with Crippen LogP contribution in [0, 0.1) is 0 Å². The Balaban J connectivity index is 2.08. The molecule has 2 heterocycles. The fraction of sp³-hybridized carbons (Fsp3) is 0.333. The summed E-state index contributed by atoms with van der Waals surface area (Å²) in [5.41, 5.74) is 5.45. The molecule has 2 aromatic rings. The van der Waals surface area contributed by atoms with E-state index in [0.29, 0.717) is 0 Å². The standard InChI is InChI=1S/C15H17N3S/c1-3-15-17-12-7-5-4-6-11(12)8-14(18(15)2)13-9-19-10-16-13/h4-7,9-10,14H,3,8H2,1-2H3. The zero-order valence-corrected chi connectivity index (χ0v) is 12.0. The molecular weight excluding hydrogens is 254 g/mol. The van der Waals surface area contributed by atoms with E-state index in [9.17, 15) is 0 Å². The average Bonchev–Trinajstić information content (AvgIpc) is 2.92. The van der Waals surface area contributed by atoms with E-state index >= 15 is 0 Å². The van der Waals surface area contributed by atoms with Crippen molar-refractivity contribution in [2.24, 2.45) is 4.99 Å². The molecule has 0 saturated carbocycles. The maximum absolute atomic E-state index is 4.82. The van der Waals surface area contributed by atoms with Crippen LogP contribution in [-0.4, -0.2) is 22.8 Å². The van der Waals surface area contributed by atoms with Gasteiger partial charge in [-0.15, -0.1) is 11.3 Å². The summed E-state index contributed by atoms with van der Waals surface area (Å²) in [6.07, 6.45) is 1.90. The SMILES string of the molecule is CCC1=Nc2ccccc2CC(c2cscn2)N1C. The normalized spacial score (nSPS) is 18.7. The predicted octanol–water partition coefficient (Wildman–Crippen LogP) is 3.81. The number of hydrogen-bond donors (Lipinski definition) is 0. The number of amidine groups is 1. The third kappa shape index (κ3) is 2.28. The van der Waals surface area contributed by atoms with Gasteiger partial charge in [0.2, 0.25) is 0 Å². The number of thiazole rings is 1. The van der Waals surface area contributed by atoms with Crippen LogP contribution >= 0.6 is 11.3 Å². The highest BCUT2D eigenvalue weighted by molar-refractivity contribution is 7.07. The second-order valence-electron chi connectivity index (χ2n) is 4.75. The third-order valence-electron chi connectivity index (χ3n) is 3.64. The first-order valence-corrected chi connectivity index (χ1v) is 7.50. The fourth-order valence-corrected chi connectivity index (χ4v) is 3.15. The van der Waals surface area contributed by atoms with Crippen molar-refractivity contribution in [3.8, 4) is 0 Å². The van der Waals surface area contributed by atoms with Crippen molar-refractivity contribution in [2.75, 3.05) is 7.05 Å². The molecule has 1 aliphatic rings. The lowest BCUT2D eigenvalue weighted by atomic mass is 10.0. The van der Waals surface area contributed by atoms with E-state index in [-0.39, 0.29) is 6.04 Å². The van der Waals surface area contributed by atoms with Gasteiger partial charge in [-0.05, 0) is 11.6 Å². The number of fused-ring (bicyclic) bond motifs is 1. The minimum absolute atomic E-state index is 0.286. The number of aromatic nitrogens is 1. The van der Waals surface area contributed by atoms with Gasteiger partial charge in [0, 0.05) is 25.3 Å². The molecule has 0 radical (unpaired) electrons. The summed E-state index contributed by atoms with van der Waals surface area (Å²) in [5.74, 6) is 1.13. The van der Waals surface area contributed by atoms with Crippen LogP contribution in [0.5, 0.6) is 0 Å². The van der Waals surface area contributed by atoms with E-state index in [4.69, 9.17) is 4.99 Å². The molecule has 1 aromatic carbocycles. The van der Waals surface area contributed by atoms with Crippen LogP contribution in [0.25, 0.3) is 0 Å². The van der Waals surface area contributed by atoms with Crippen LogP contribution in [0.4, 0.5) is 5.69 Å². The van der Waals surface area contributed by atoms with Crippen molar-refractivity contribution in [3.63, 3.8) is 0 Å². The highest BCUT2D eigenvalue weighted by atomic mass is 32.1. The summed E-state index contributed by atoms with van der Waals surface area (Å²) in [4.78, 5) is 11.6. The van der Waals surface area contributed by atoms with E-state index in [2.05, 4.69) is 53.5 Å². The first-order valence-electron chi connectivity index (χ1n) is 6.56. The molecule has 0 fully saturated rings. The lowest BCUT2D eigenvalue weighted by molar-refractivity contribution is 0.364. The minimum Gasteiger partial charge on any atom is -0.354 e. The van der Waals surface area contributed by atoms with Gasteiger partial charge < -0.3 is 4.90 Å². The van der Waals surface area contributed by atoms with E-state index in [1.165, 1.54) is 5.56 Å². The summed E-state index contributed by atoms with van der Waals surface area (Å²) in [6.45, 7) is 2.15. The maximum atomic E-state index is 4.82. The van der Waals surface area contributed by atoms with Crippen LogP contribution in [0.3, 0.4) is 0 Å². The highest BCUT2D eigenvalue weighted by Gasteiger charge is 2.25. The Kier molecular flexibility index (Phi) is 3.34. The smallest absolute Gasteiger partial charge is 0.105 e. The van der Waals surface area contributed by atoms with Crippen molar-refractivity contribution in [2.45, 2.75) is 25.8 Å². The van der Waals surface area contributed by atoms with E-state index < -0.39 is 0 Å². The molecule has 0 N–H and O–H groups in total. The van der Waals surface area contributed by atoms with Gasteiger partial charge in [0.15, 0.2) is 0 Å². The van der Waals surface area contributed by atoms with Crippen LogP contribution < -0.4 is 0 Å². The summed E-state index contributed by atoms with van der Waals surface area (Å²) in [7, 11) is 2.12. The van der Waals surface area contributed by atoms with Crippen LogP contribution in [0.15, 0.2) is 40.1 Å². The second-order valence-corrected chi connectivity index (χ2v) is 5.47. The maximum Gasteiger partial charge on any atom is 0.105 e. The molecule has 0 saturated heterocycles. The first kappa shape index (κ1) is 12.4. The van der Waals surface area contributed by atoms with Gasteiger partial charge in [-0.3, -0.25) is 0 Å². The van der Waals surface area contributed by atoms with Gasteiger partial charge in [0.05, 0.1) is 22.9 Å². The number of para-hydroxylation sites is 1. The Morgan fingerprint density at radius 2 is 2.21 bits per heavy atom. The summed E-state index contributed by atoms with van der Waals surface area (Å²) in [5, 5.41) is 2.14.